The van der Waals surface area contributed by atoms with Gasteiger partial charge in [0.1, 0.15) is 0 Å². The summed E-state index contributed by atoms with van der Waals surface area (Å²) in [5.74, 6) is -1.17. The van der Waals surface area contributed by atoms with Gasteiger partial charge in [-0.1, -0.05) is 0 Å². The van der Waals surface area contributed by atoms with Crippen LogP contribution in [0.3, 0.4) is 0 Å². The molecule has 0 radical (unpaired) electrons. The first kappa shape index (κ1) is 12.9. The van der Waals surface area contributed by atoms with Crippen LogP contribution >= 0.6 is 0 Å². The minimum absolute atomic E-state index is 0.0167. The van der Waals surface area contributed by atoms with Gasteiger partial charge < -0.3 is 14.9 Å². The summed E-state index contributed by atoms with van der Waals surface area (Å²) >= 11 is 0. The lowest BCUT2D eigenvalue weighted by molar-refractivity contribution is -0.385. The first-order chi connectivity index (χ1) is 7.95. The van der Waals surface area contributed by atoms with Crippen LogP contribution in [0.25, 0.3) is 0 Å². The van der Waals surface area contributed by atoms with Crippen LogP contribution < -0.4 is 4.74 Å². The number of carbonyl (C=O) groups is 1. The van der Waals surface area contributed by atoms with Gasteiger partial charge in [0.25, 0.3) is 0 Å². The SMILES string of the molecule is COc1cc(C(O)CC(=O)O)ccc1[N+](=O)[O-]. The number of hydrogen-bond acceptors (Lipinski definition) is 5. The van der Waals surface area contributed by atoms with E-state index >= 15 is 0 Å². The number of nitro groups is 1. The highest BCUT2D eigenvalue weighted by Crippen LogP contribution is 2.30. The third kappa shape index (κ3) is 3.15. The van der Waals surface area contributed by atoms with Crippen molar-refractivity contribution >= 4 is 11.7 Å². The molecule has 0 spiro atoms. The number of benzene rings is 1. The van der Waals surface area contributed by atoms with E-state index in [0.717, 1.165) is 0 Å². The number of aliphatic carboxylic acids is 1. The van der Waals surface area contributed by atoms with Crippen LogP contribution in [0.5, 0.6) is 5.75 Å². The molecular weight excluding hydrogens is 230 g/mol. The standard InChI is InChI=1S/C10H11NO6/c1-17-9-4-6(8(12)5-10(13)14)2-3-7(9)11(15)16/h2-4,8,12H,5H2,1H3,(H,13,14). The Morgan fingerprint density at radius 1 is 1.59 bits per heavy atom. The van der Waals surface area contributed by atoms with Gasteiger partial charge in [-0.2, -0.15) is 0 Å². The summed E-state index contributed by atoms with van der Waals surface area (Å²) in [5, 5.41) is 28.7. The Morgan fingerprint density at radius 2 is 2.24 bits per heavy atom. The predicted octanol–water partition coefficient (Wildman–Crippen LogP) is 1.11. The second-order valence-corrected chi connectivity index (χ2v) is 3.30. The zero-order valence-electron chi connectivity index (χ0n) is 8.99. The van der Waals surface area contributed by atoms with Crippen LogP contribution in [0.4, 0.5) is 5.69 Å². The zero-order chi connectivity index (χ0) is 13.0. The minimum atomic E-state index is -1.22. The second-order valence-electron chi connectivity index (χ2n) is 3.30. The van der Waals surface area contributed by atoms with E-state index in [4.69, 9.17) is 9.84 Å². The van der Waals surface area contributed by atoms with Gasteiger partial charge in [0.15, 0.2) is 5.75 Å². The van der Waals surface area contributed by atoms with Crippen LogP contribution in [-0.4, -0.2) is 28.2 Å². The van der Waals surface area contributed by atoms with Gasteiger partial charge in [-0.25, -0.2) is 0 Å². The fourth-order valence-electron chi connectivity index (χ4n) is 1.34. The van der Waals surface area contributed by atoms with Crippen molar-refractivity contribution in [3.05, 3.63) is 33.9 Å². The van der Waals surface area contributed by atoms with Crippen molar-refractivity contribution in [1.82, 2.24) is 0 Å². The van der Waals surface area contributed by atoms with Crippen LogP contribution in [-0.2, 0) is 4.79 Å². The molecule has 0 amide bonds. The Labute approximate surface area is 96.4 Å². The molecule has 0 saturated heterocycles. The number of hydrogen-bond donors (Lipinski definition) is 2. The van der Waals surface area contributed by atoms with Gasteiger partial charge in [0.05, 0.1) is 24.6 Å². The van der Waals surface area contributed by atoms with Gasteiger partial charge in [-0.15, -0.1) is 0 Å². The molecule has 92 valence electrons. The maximum Gasteiger partial charge on any atom is 0.310 e. The molecule has 1 unspecified atom stereocenters. The number of aliphatic hydroxyl groups is 1. The van der Waals surface area contributed by atoms with E-state index in [0.29, 0.717) is 0 Å². The molecule has 0 saturated carbocycles. The quantitative estimate of drug-likeness (QED) is 0.590. The largest absolute Gasteiger partial charge is 0.490 e. The fraction of sp³-hybridized carbons (Fsp3) is 0.300. The molecule has 1 aromatic carbocycles. The molecular formula is C10H11NO6. The highest BCUT2D eigenvalue weighted by atomic mass is 16.6. The summed E-state index contributed by atoms with van der Waals surface area (Å²) < 4.78 is 4.80. The normalized spacial score (nSPS) is 11.9. The Hall–Kier alpha value is -2.15. The Morgan fingerprint density at radius 3 is 2.71 bits per heavy atom. The average Bonchev–Trinajstić information content (AvgIpc) is 2.27. The van der Waals surface area contributed by atoms with Crippen LogP contribution in [0.2, 0.25) is 0 Å². The summed E-state index contributed by atoms with van der Waals surface area (Å²) in [6.07, 6.45) is -1.69. The van der Waals surface area contributed by atoms with E-state index in [-0.39, 0.29) is 17.0 Å². The van der Waals surface area contributed by atoms with Crippen molar-refractivity contribution in [1.29, 1.82) is 0 Å². The van der Waals surface area contributed by atoms with Gasteiger partial charge in [0, 0.05) is 6.07 Å². The molecule has 0 bridgehead atoms. The van der Waals surface area contributed by atoms with E-state index in [1.807, 2.05) is 0 Å². The van der Waals surface area contributed by atoms with Crippen molar-refractivity contribution in [3.8, 4) is 5.75 Å². The Balaban J connectivity index is 3.04. The summed E-state index contributed by atoms with van der Waals surface area (Å²) in [7, 11) is 1.26. The van der Waals surface area contributed by atoms with Gasteiger partial charge >= 0.3 is 11.7 Å². The number of nitrogens with zero attached hydrogens (tertiary/aromatic N) is 1. The first-order valence-electron chi connectivity index (χ1n) is 4.68. The lowest BCUT2D eigenvalue weighted by Crippen LogP contribution is -2.06. The van der Waals surface area contributed by atoms with Crippen molar-refractivity contribution in [2.24, 2.45) is 0 Å². The molecule has 0 heterocycles. The molecule has 2 N–H and O–H groups in total. The highest BCUT2D eigenvalue weighted by molar-refractivity contribution is 5.67. The molecule has 0 aromatic heterocycles. The highest BCUT2D eigenvalue weighted by Gasteiger charge is 2.19. The average molecular weight is 241 g/mol. The van der Waals surface area contributed by atoms with Crippen molar-refractivity contribution < 1.29 is 24.7 Å². The third-order valence-corrected chi connectivity index (χ3v) is 2.15. The van der Waals surface area contributed by atoms with Gasteiger partial charge in [-0.05, 0) is 17.7 Å². The summed E-state index contributed by atoms with van der Waals surface area (Å²) in [4.78, 5) is 20.4. The molecule has 7 nitrogen and oxygen atoms in total. The molecule has 0 aliphatic carbocycles. The van der Waals surface area contributed by atoms with Gasteiger partial charge in [-0.3, -0.25) is 14.9 Å². The van der Waals surface area contributed by atoms with E-state index in [2.05, 4.69) is 0 Å². The van der Waals surface area contributed by atoms with E-state index in [1.165, 1.54) is 25.3 Å². The molecule has 0 fully saturated rings. The summed E-state index contributed by atoms with van der Waals surface area (Å²) in [5.41, 5.74) is 0.0219. The molecule has 0 aliphatic rings. The first-order valence-corrected chi connectivity index (χ1v) is 4.68. The monoisotopic (exact) mass is 241 g/mol. The van der Waals surface area contributed by atoms with Crippen molar-refractivity contribution in [2.75, 3.05) is 7.11 Å². The molecule has 7 heteroatoms. The van der Waals surface area contributed by atoms with Crippen LogP contribution in [0, 0.1) is 10.1 Å². The zero-order valence-corrected chi connectivity index (χ0v) is 8.99. The topological polar surface area (TPSA) is 110 Å². The summed E-state index contributed by atoms with van der Waals surface area (Å²) in [6.45, 7) is 0. The number of aliphatic hydroxyl groups excluding tert-OH is 1. The molecule has 1 aromatic rings. The molecule has 1 atom stereocenters. The molecule has 0 aliphatic heterocycles. The van der Waals surface area contributed by atoms with E-state index < -0.39 is 23.4 Å². The number of carboxylic acid groups (broad SMARTS) is 1. The van der Waals surface area contributed by atoms with Crippen LogP contribution in [0.1, 0.15) is 18.1 Å². The number of methoxy groups -OCH3 is 1. The maximum absolute atomic E-state index is 10.6. The fourth-order valence-corrected chi connectivity index (χ4v) is 1.34. The number of carboxylic acids is 1. The minimum Gasteiger partial charge on any atom is -0.490 e. The molecule has 17 heavy (non-hydrogen) atoms. The maximum atomic E-state index is 10.6. The molecule has 1 rings (SSSR count). The van der Waals surface area contributed by atoms with Gasteiger partial charge in [0.2, 0.25) is 0 Å². The number of rotatable bonds is 5. The predicted molar refractivity (Wildman–Crippen MR) is 56.9 cm³/mol. The Kier molecular flexibility index (Phi) is 4.00. The lowest BCUT2D eigenvalue weighted by Gasteiger charge is -2.09. The van der Waals surface area contributed by atoms with E-state index in [1.54, 1.807) is 0 Å². The van der Waals surface area contributed by atoms with E-state index in [9.17, 15) is 20.0 Å². The second kappa shape index (κ2) is 5.26. The van der Waals surface area contributed by atoms with Crippen LogP contribution in [0.15, 0.2) is 18.2 Å². The number of nitro benzene ring substituents is 1. The third-order valence-electron chi connectivity index (χ3n) is 2.15. The lowest BCUT2D eigenvalue weighted by atomic mass is 10.1. The van der Waals surface area contributed by atoms with Crippen molar-refractivity contribution in [3.63, 3.8) is 0 Å². The Bertz CT molecular complexity index is 444. The smallest absolute Gasteiger partial charge is 0.310 e. The van der Waals surface area contributed by atoms with Crippen molar-refractivity contribution in [2.45, 2.75) is 12.5 Å². The summed E-state index contributed by atoms with van der Waals surface area (Å²) in [6, 6.07) is 3.72. The number of ether oxygens (including phenoxy) is 1.